The maximum absolute atomic E-state index is 3.48. The first-order valence-electron chi connectivity index (χ1n) is 7.22. The summed E-state index contributed by atoms with van der Waals surface area (Å²) in [6.45, 7) is 11.8. The van der Waals surface area contributed by atoms with Crippen LogP contribution in [0.3, 0.4) is 0 Å². The van der Waals surface area contributed by atoms with Crippen molar-refractivity contribution in [1.29, 1.82) is 0 Å². The Morgan fingerprint density at radius 3 is 2.56 bits per heavy atom. The first kappa shape index (κ1) is 14.0. The van der Waals surface area contributed by atoms with Crippen LogP contribution in [0.5, 0.6) is 0 Å². The van der Waals surface area contributed by atoms with Crippen molar-refractivity contribution in [3.8, 4) is 0 Å². The molecule has 0 aromatic rings. The van der Waals surface area contributed by atoms with E-state index < -0.39 is 0 Å². The van der Waals surface area contributed by atoms with Crippen LogP contribution in [-0.4, -0.2) is 37.1 Å². The van der Waals surface area contributed by atoms with Crippen molar-refractivity contribution in [2.75, 3.05) is 26.2 Å². The van der Waals surface area contributed by atoms with E-state index in [2.05, 4.69) is 31.0 Å². The molecule has 1 unspecified atom stereocenters. The van der Waals surface area contributed by atoms with E-state index in [1.165, 1.54) is 51.7 Å². The van der Waals surface area contributed by atoms with Gasteiger partial charge in [-0.1, -0.05) is 20.3 Å². The third-order valence-corrected chi connectivity index (χ3v) is 3.85. The molecule has 1 aliphatic rings. The van der Waals surface area contributed by atoms with Gasteiger partial charge in [0, 0.05) is 12.6 Å². The zero-order chi connectivity index (χ0) is 11.8. The van der Waals surface area contributed by atoms with Gasteiger partial charge in [0.25, 0.3) is 0 Å². The summed E-state index contributed by atoms with van der Waals surface area (Å²) >= 11 is 0. The Hall–Kier alpha value is -0.0800. The molecule has 1 rings (SSSR count). The summed E-state index contributed by atoms with van der Waals surface area (Å²) in [7, 11) is 0. The zero-order valence-electron chi connectivity index (χ0n) is 11.5. The van der Waals surface area contributed by atoms with Crippen LogP contribution in [0, 0.1) is 5.92 Å². The number of hydrogen-bond acceptors (Lipinski definition) is 2. The number of rotatable bonds is 9. The van der Waals surface area contributed by atoms with Crippen LogP contribution in [0.2, 0.25) is 0 Å². The minimum Gasteiger partial charge on any atom is -0.315 e. The Morgan fingerprint density at radius 1 is 1.31 bits per heavy atom. The molecule has 0 aliphatic heterocycles. The van der Waals surface area contributed by atoms with Gasteiger partial charge in [-0.15, -0.1) is 0 Å². The molecular weight excluding hydrogens is 196 g/mol. The maximum atomic E-state index is 3.48. The van der Waals surface area contributed by atoms with E-state index in [9.17, 15) is 0 Å². The van der Waals surface area contributed by atoms with Crippen molar-refractivity contribution in [3.63, 3.8) is 0 Å². The van der Waals surface area contributed by atoms with Crippen LogP contribution in [0.25, 0.3) is 0 Å². The van der Waals surface area contributed by atoms with Crippen molar-refractivity contribution in [2.24, 2.45) is 5.92 Å². The molecule has 0 bridgehead atoms. The molecular formula is C14H30N2. The van der Waals surface area contributed by atoms with Gasteiger partial charge in [-0.3, -0.25) is 0 Å². The lowest BCUT2D eigenvalue weighted by Crippen LogP contribution is -2.34. The summed E-state index contributed by atoms with van der Waals surface area (Å²) in [5.74, 6) is 1.02. The van der Waals surface area contributed by atoms with E-state index in [1.807, 2.05) is 0 Å². The van der Waals surface area contributed by atoms with E-state index in [4.69, 9.17) is 0 Å². The molecule has 1 atom stereocenters. The van der Waals surface area contributed by atoms with Crippen LogP contribution >= 0.6 is 0 Å². The lowest BCUT2D eigenvalue weighted by atomic mass is 9.85. The SMILES string of the molecule is CCNC(C)CCCN(CC)CC1CCC1. The van der Waals surface area contributed by atoms with Gasteiger partial charge in [0.15, 0.2) is 0 Å². The van der Waals surface area contributed by atoms with Gasteiger partial charge in [0.2, 0.25) is 0 Å². The molecule has 0 aromatic carbocycles. The first-order valence-corrected chi connectivity index (χ1v) is 7.22. The van der Waals surface area contributed by atoms with E-state index in [1.54, 1.807) is 0 Å². The van der Waals surface area contributed by atoms with Gasteiger partial charge >= 0.3 is 0 Å². The Balaban J connectivity index is 2.03. The molecule has 1 fully saturated rings. The third-order valence-electron chi connectivity index (χ3n) is 3.85. The molecule has 0 heterocycles. The Kier molecular flexibility index (Phi) is 7.06. The lowest BCUT2D eigenvalue weighted by Gasteiger charge is -2.32. The number of nitrogens with one attached hydrogen (secondary N) is 1. The second-order valence-electron chi connectivity index (χ2n) is 5.29. The minimum atomic E-state index is 0.687. The molecule has 0 spiro atoms. The van der Waals surface area contributed by atoms with Crippen molar-refractivity contribution >= 4 is 0 Å². The van der Waals surface area contributed by atoms with Gasteiger partial charge < -0.3 is 10.2 Å². The summed E-state index contributed by atoms with van der Waals surface area (Å²) in [5.41, 5.74) is 0. The standard InChI is InChI=1S/C14H30N2/c1-4-15-13(3)8-7-11-16(5-2)12-14-9-6-10-14/h13-15H,4-12H2,1-3H3. The molecule has 96 valence electrons. The fourth-order valence-electron chi connectivity index (χ4n) is 2.49. The average Bonchev–Trinajstić information content (AvgIpc) is 2.21. The summed E-state index contributed by atoms with van der Waals surface area (Å²) < 4.78 is 0. The fourth-order valence-corrected chi connectivity index (χ4v) is 2.49. The summed E-state index contributed by atoms with van der Waals surface area (Å²) in [6.07, 6.45) is 7.08. The average molecular weight is 226 g/mol. The molecule has 2 heteroatoms. The predicted octanol–water partition coefficient (Wildman–Crippen LogP) is 2.89. The molecule has 1 N–H and O–H groups in total. The van der Waals surface area contributed by atoms with E-state index in [0.717, 1.165) is 12.5 Å². The van der Waals surface area contributed by atoms with Crippen molar-refractivity contribution < 1.29 is 0 Å². The highest BCUT2D eigenvalue weighted by Crippen LogP contribution is 2.27. The molecule has 1 aliphatic carbocycles. The highest BCUT2D eigenvalue weighted by atomic mass is 15.1. The van der Waals surface area contributed by atoms with Crippen LogP contribution in [-0.2, 0) is 0 Å². The monoisotopic (exact) mass is 226 g/mol. The number of hydrogen-bond donors (Lipinski definition) is 1. The molecule has 0 amide bonds. The Labute approximate surface area is 102 Å². The van der Waals surface area contributed by atoms with Crippen LogP contribution in [0.4, 0.5) is 0 Å². The number of nitrogens with zero attached hydrogens (tertiary/aromatic N) is 1. The van der Waals surface area contributed by atoms with Gasteiger partial charge in [0.1, 0.15) is 0 Å². The van der Waals surface area contributed by atoms with Gasteiger partial charge in [0.05, 0.1) is 0 Å². The van der Waals surface area contributed by atoms with E-state index in [-0.39, 0.29) is 0 Å². The molecule has 1 saturated carbocycles. The van der Waals surface area contributed by atoms with Gasteiger partial charge in [-0.2, -0.15) is 0 Å². The smallest absolute Gasteiger partial charge is 0.00390 e. The third kappa shape index (κ3) is 5.31. The predicted molar refractivity (Wildman–Crippen MR) is 71.8 cm³/mol. The summed E-state index contributed by atoms with van der Waals surface area (Å²) in [5, 5.41) is 3.48. The van der Waals surface area contributed by atoms with Gasteiger partial charge in [-0.05, 0) is 58.2 Å². The summed E-state index contributed by atoms with van der Waals surface area (Å²) in [4.78, 5) is 2.64. The molecule has 0 radical (unpaired) electrons. The lowest BCUT2D eigenvalue weighted by molar-refractivity contribution is 0.180. The normalized spacial score (nSPS) is 18.8. The first-order chi connectivity index (χ1) is 7.76. The molecule has 2 nitrogen and oxygen atoms in total. The van der Waals surface area contributed by atoms with Crippen LogP contribution in [0.1, 0.15) is 52.9 Å². The van der Waals surface area contributed by atoms with E-state index >= 15 is 0 Å². The van der Waals surface area contributed by atoms with E-state index in [0.29, 0.717) is 6.04 Å². The van der Waals surface area contributed by atoms with Crippen molar-refractivity contribution in [2.45, 2.75) is 58.9 Å². The largest absolute Gasteiger partial charge is 0.315 e. The quantitative estimate of drug-likeness (QED) is 0.650. The topological polar surface area (TPSA) is 15.3 Å². The maximum Gasteiger partial charge on any atom is 0.00390 e. The van der Waals surface area contributed by atoms with Crippen LogP contribution in [0.15, 0.2) is 0 Å². The van der Waals surface area contributed by atoms with Crippen LogP contribution < -0.4 is 5.32 Å². The highest BCUT2D eigenvalue weighted by molar-refractivity contribution is 4.73. The molecule has 16 heavy (non-hydrogen) atoms. The molecule has 0 saturated heterocycles. The van der Waals surface area contributed by atoms with Gasteiger partial charge in [-0.25, -0.2) is 0 Å². The highest BCUT2D eigenvalue weighted by Gasteiger charge is 2.19. The second kappa shape index (κ2) is 8.08. The second-order valence-corrected chi connectivity index (χ2v) is 5.29. The van der Waals surface area contributed by atoms with Crippen molar-refractivity contribution in [1.82, 2.24) is 10.2 Å². The fraction of sp³-hybridized carbons (Fsp3) is 1.00. The Morgan fingerprint density at radius 2 is 2.06 bits per heavy atom. The summed E-state index contributed by atoms with van der Waals surface area (Å²) in [6, 6.07) is 0.687. The Bertz CT molecular complexity index is 166. The zero-order valence-corrected chi connectivity index (χ0v) is 11.5. The van der Waals surface area contributed by atoms with Crippen molar-refractivity contribution in [3.05, 3.63) is 0 Å². The minimum absolute atomic E-state index is 0.687. The molecule has 0 aromatic heterocycles.